The van der Waals surface area contributed by atoms with Crippen LogP contribution < -0.4 is 5.32 Å². The fourth-order valence-electron chi connectivity index (χ4n) is 3.08. The summed E-state index contributed by atoms with van der Waals surface area (Å²) >= 11 is 0. The molecule has 0 radical (unpaired) electrons. The Hall–Kier alpha value is -3.62. The standard InChI is InChI=1S/C23H17F6N3/c1-3-30-21(32-17-9-7-16(8-10-17)22(24,25)26)18-11-6-15(13-14(18)2)20-19(23(27,28)29)5-4-12-31-20/h3-13H,1H2,2H3,(H,30,32). The van der Waals surface area contributed by atoms with Crippen LogP contribution in [-0.4, -0.2) is 10.8 Å². The maximum Gasteiger partial charge on any atom is 0.418 e. The minimum Gasteiger partial charge on any atom is -0.340 e. The summed E-state index contributed by atoms with van der Waals surface area (Å²) < 4.78 is 78.3. The van der Waals surface area contributed by atoms with Gasteiger partial charge in [-0.05, 0) is 55.0 Å². The average Bonchev–Trinajstić information content (AvgIpc) is 2.72. The van der Waals surface area contributed by atoms with Crippen molar-refractivity contribution in [3.8, 4) is 11.3 Å². The molecule has 0 aliphatic carbocycles. The van der Waals surface area contributed by atoms with Crippen molar-refractivity contribution in [3.05, 3.63) is 95.8 Å². The van der Waals surface area contributed by atoms with E-state index in [1.807, 2.05) is 0 Å². The van der Waals surface area contributed by atoms with Crippen molar-refractivity contribution in [1.29, 1.82) is 0 Å². The summed E-state index contributed by atoms with van der Waals surface area (Å²) in [4.78, 5) is 8.02. The van der Waals surface area contributed by atoms with Gasteiger partial charge in [-0.2, -0.15) is 26.3 Å². The van der Waals surface area contributed by atoms with E-state index in [1.54, 1.807) is 19.1 Å². The Bertz CT molecular complexity index is 1150. The second kappa shape index (κ2) is 8.86. The van der Waals surface area contributed by atoms with Crippen LogP contribution in [0.25, 0.3) is 11.3 Å². The molecular weight excluding hydrogens is 432 g/mol. The van der Waals surface area contributed by atoms with Gasteiger partial charge >= 0.3 is 12.4 Å². The Morgan fingerprint density at radius 2 is 1.66 bits per heavy atom. The van der Waals surface area contributed by atoms with E-state index in [1.165, 1.54) is 36.7 Å². The maximum atomic E-state index is 13.3. The summed E-state index contributed by atoms with van der Waals surface area (Å²) in [7, 11) is 0. The van der Waals surface area contributed by atoms with Crippen molar-refractivity contribution in [2.24, 2.45) is 4.99 Å². The van der Waals surface area contributed by atoms with E-state index in [-0.39, 0.29) is 17.1 Å². The second-order valence-electron chi connectivity index (χ2n) is 6.79. The highest BCUT2D eigenvalue weighted by Crippen LogP contribution is 2.36. The zero-order valence-corrected chi connectivity index (χ0v) is 16.7. The molecule has 0 fully saturated rings. The van der Waals surface area contributed by atoms with E-state index >= 15 is 0 Å². The molecule has 1 aromatic heterocycles. The molecule has 2 aromatic carbocycles. The van der Waals surface area contributed by atoms with E-state index in [9.17, 15) is 26.3 Å². The molecule has 0 bridgehead atoms. The normalized spacial score (nSPS) is 12.5. The number of pyridine rings is 1. The van der Waals surface area contributed by atoms with E-state index in [0.29, 0.717) is 16.8 Å². The molecule has 0 saturated carbocycles. The Kier molecular flexibility index (Phi) is 6.38. The van der Waals surface area contributed by atoms with Gasteiger partial charge in [-0.25, -0.2) is 4.99 Å². The molecule has 3 aromatic rings. The van der Waals surface area contributed by atoms with Crippen molar-refractivity contribution in [1.82, 2.24) is 4.98 Å². The highest BCUT2D eigenvalue weighted by molar-refractivity contribution is 6.09. The van der Waals surface area contributed by atoms with Crippen molar-refractivity contribution in [2.45, 2.75) is 19.3 Å². The summed E-state index contributed by atoms with van der Waals surface area (Å²) in [5, 5.41) is 2.93. The number of aryl methyl sites for hydroxylation is 1. The molecule has 0 aliphatic heterocycles. The fraction of sp³-hybridized carbons (Fsp3) is 0.130. The first-order valence-electron chi connectivity index (χ1n) is 9.27. The highest BCUT2D eigenvalue weighted by atomic mass is 19.4. The topological polar surface area (TPSA) is 37.3 Å². The number of nitrogens with one attached hydrogen (secondary N) is 1. The number of alkyl halides is 6. The Balaban J connectivity index is 1.95. The third-order valence-electron chi connectivity index (χ3n) is 4.56. The van der Waals surface area contributed by atoms with E-state index in [0.717, 1.165) is 18.2 Å². The van der Waals surface area contributed by atoms with Crippen LogP contribution in [0.1, 0.15) is 22.3 Å². The first-order valence-corrected chi connectivity index (χ1v) is 9.27. The van der Waals surface area contributed by atoms with Gasteiger partial charge in [-0.3, -0.25) is 4.98 Å². The summed E-state index contributed by atoms with van der Waals surface area (Å²) in [6.07, 6.45) is -6.48. The molecule has 32 heavy (non-hydrogen) atoms. The Labute approximate surface area is 180 Å². The number of hydrogen-bond donors (Lipinski definition) is 1. The molecule has 166 valence electrons. The van der Waals surface area contributed by atoms with Crippen LogP contribution in [0.2, 0.25) is 0 Å². The van der Waals surface area contributed by atoms with Crippen molar-refractivity contribution in [2.75, 3.05) is 5.32 Å². The third-order valence-corrected chi connectivity index (χ3v) is 4.56. The van der Waals surface area contributed by atoms with Crippen LogP contribution in [0.4, 0.5) is 32.0 Å². The minimum atomic E-state index is -4.56. The zero-order valence-electron chi connectivity index (χ0n) is 16.7. The molecule has 0 spiro atoms. The van der Waals surface area contributed by atoms with Crippen LogP contribution in [-0.2, 0) is 12.4 Å². The van der Waals surface area contributed by atoms with Crippen LogP contribution in [0.15, 0.2) is 78.6 Å². The number of nitrogens with zero attached hydrogens (tertiary/aromatic N) is 2. The van der Waals surface area contributed by atoms with Gasteiger partial charge in [0.15, 0.2) is 0 Å². The summed E-state index contributed by atoms with van der Waals surface area (Å²) in [6, 6.07) is 11.2. The van der Waals surface area contributed by atoms with Crippen molar-refractivity contribution < 1.29 is 26.3 Å². The van der Waals surface area contributed by atoms with Crippen molar-refractivity contribution in [3.63, 3.8) is 0 Å². The van der Waals surface area contributed by atoms with Gasteiger partial charge in [0, 0.05) is 29.2 Å². The monoisotopic (exact) mass is 449 g/mol. The molecule has 3 rings (SSSR count). The molecule has 0 unspecified atom stereocenters. The van der Waals surface area contributed by atoms with E-state index in [2.05, 4.69) is 21.9 Å². The Morgan fingerprint density at radius 1 is 0.969 bits per heavy atom. The smallest absolute Gasteiger partial charge is 0.340 e. The third kappa shape index (κ3) is 5.16. The van der Waals surface area contributed by atoms with Gasteiger partial charge in [0.2, 0.25) is 0 Å². The molecular formula is C23H17F6N3. The number of rotatable bonds is 4. The maximum absolute atomic E-state index is 13.3. The quantitative estimate of drug-likeness (QED) is 0.262. The lowest BCUT2D eigenvalue weighted by atomic mass is 9.99. The molecule has 1 heterocycles. The van der Waals surface area contributed by atoms with Crippen molar-refractivity contribution >= 4 is 11.5 Å². The number of hydrogen-bond acceptors (Lipinski definition) is 2. The molecule has 1 N–H and O–H groups in total. The van der Waals surface area contributed by atoms with Crippen LogP contribution in [0.3, 0.4) is 0 Å². The number of benzene rings is 2. The molecule has 0 amide bonds. The van der Waals surface area contributed by atoms with Crippen LogP contribution >= 0.6 is 0 Å². The number of amidine groups is 1. The summed E-state index contributed by atoms with van der Waals surface area (Å²) in [5.41, 5.74) is -0.0960. The number of aromatic nitrogens is 1. The lowest BCUT2D eigenvalue weighted by molar-refractivity contribution is -0.138. The minimum absolute atomic E-state index is 0.201. The van der Waals surface area contributed by atoms with Gasteiger partial charge in [0.25, 0.3) is 0 Å². The predicted octanol–water partition coefficient (Wildman–Crippen LogP) is 7.10. The lowest BCUT2D eigenvalue weighted by Crippen LogP contribution is -2.15. The zero-order chi connectivity index (χ0) is 23.5. The number of halogens is 6. The Morgan fingerprint density at radius 3 is 2.22 bits per heavy atom. The molecule has 3 nitrogen and oxygen atoms in total. The van der Waals surface area contributed by atoms with Gasteiger partial charge in [0.1, 0.15) is 5.84 Å². The van der Waals surface area contributed by atoms with Gasteiger partial charge in [0.05, 0.1) is 16.8 Å². The second-order valence-corrected chi connectivity index (χ2v) is 6.79. The summed E-state index contributed by atoms with van der Waals surface area (Å²) in [5.74, 6) is 0.279. The van der Waals surface area contributed by atoms with E-state index in [4.69, 9.17) is 0 Å². The van der Waals surface area contributed by atoms with E-state index < -0.39 is 23.5 Å². The van der Waals surface area contributed by atoms with Crippen LogP contribution in [0.5, 0.6) is 0 Å². The largest absolute Gasteiger partial charge is 0.418 e. The first-order chi connectivity index (χ1) is 15.0. The molecule has 0 aliphatic rings. The van der Waals surface area contributed by atoms with Gasteiger partial charge < -0.3 is 5.32 Å². The molecule has 0 saturated heterocycles. The SMILES string of the molecule is C=CN=C(Nc1ccc(C(F)(F)F)cc1)c1ccc(-c2ncccc2C(F)(F)F)cc1C. The molecule has 9 heteroatoms. The number of aliphatic imine (C=N–C) groups is 1. The number of anilines is 1. The first kappa shape index (κ1) is 23.1. The van der Waals surface area contributed by atoms with Gasteiger partial charge in [-0.1, -0.05) is 18.7 Å². The highest BCUT2D eigenvalue weighted by Gasteiger charge is 2.34. The van der Waals surface area contributed by atoms with Crippen LogP contribution in [0, 0.1) is 6.92 Å². The van der Waals surface area contributed by atoms with Gasteiger partial charge in [-0.15, -0.1) is 0 Å². The predicted molar refractivity (Wildman–Crippen MR) is 111 cm³/mol. The summed E-state index contributed by atoms with van der Waals surface area (Å²) in [6.45, 7) is 5.22. The molecule has 0 atom stereocenters. The fourth-order valence-corrected chi connectivity index (χ4v) is 3.08. The average molecular weight is 449 g/mol. The lowest BCUT2D eigenvalue weighted by Gasteiger charge is -2.15.